The zero-order valence-electron chi connectivity index (χ0n) is 16.0. The van der Waals surface area contributed by atoms with Gasteiger partial charge in [0.25, 0.3) is 0 Å². The van der Waals surface area contributed by atoms with E-state index in [2.05, 4.69) is 10.2 Å². The van der Waals surface area contributed by atoms with Crippen LogP contribution in [0.3, 0.4) is 0 Å². The van der Waals surface area contributed by atoms with E-state index in [9.17, 15) is 13.2 Å². The zero-order valence-corrected chi connectivity index (χ0v) is 16.8. The summed E-state index contributed by atoms with van der Waals surface area (Å²) in [5.74, 6) is -1.34. The molecule has 0 aliphatic carbocycles. The lowest BCUT2D eigenvalue weighted by Crippen LogP contribution is -2.36. The number of hydrogen-bond donors (Lipinski definition) is 1. The van der Waals surface area contributed by atoms with Crippen molar-refractivity contribution in [2.75, 3.05) is 37.0 Å². The number of benzene rings is 2. The Morgan fingerprint density at radius 1 is 1.03 bits per heavy atom. The molecule has 0 saturated carbocycles. The van der Waals surface area contributed by atoms with Gasteiger partial charge in [-0.05, 0) is 35.4 Å². The molecular weight excluding hydrogens is 390 g/mol. The molecule has 0 radical (unpaired) electrons. The fourth-order valence-electron chi connectivity index (χ4n) is 3.08. The second-order valence-electron chi connectivity index (χ2n) is 6.88. The van der Waals surface area contributed by atoms with Gasteiger partial charge < -0.3 is 15.0 Å². The molecule has 1 heterocycles. The molecule has 1 amide bonds. The number of carbonyl (C=O) groups is 1. The highest BCUT2D eigenvalue weighted by Crippen LogP contribution is 2.16. The minimum Gasteiger partial charge on any atom is -0.378 e. The van der Waals surface area contributed by atoms with Crippen LogP contribution in [0.15, 0.2) is 48.5 Å². The van der Waals surface area contributed by atoms with Crippen LogP contribution in [-0.4, -0.2) is 46.4 Å². The fraction of sp³-hybridized carbons (Fsp3) is 0.333. The summed E-state index contributed by atoms with van der Waals surface area (Å²) >= 11 is 0. The van der Waals surface area contributed by atoms with Gasteiger partial charge in [-0.25, -0.2) is 8.42 Å². The molecule has 152 valence electrons. The van der Waals surface area contributed by atoms with Crippen molar-refractivity contribution in [3.05, 3.63) is 65.2 Å². The van der Waals surface area contributed by atoms with Gasteiger partial charge in [0.1, 0.15) is 5.75 Å². The van der Waals surface area contributed by atoms with E-state index < -0.39 is 21.5 Å². The predicted octanol–water partition coefficient (Wildman–Crippen LogP) is 1.63. The topological polar surface area (TPSA) is 99.5 Å². The van der Waals surface area contributed by atoms with E-state index in [-0.39, 0.29) is 12.3 Å². The van der Waals surface area contributed by atoms with Crippen molar-refractivity contribution in [3.63, 3.8) is 0 Å². The third-order valence-electron chi connectivity index (χ3n) is 4.62. The summed E-state index contributed by atoms with van der Waals surface area (Å²) in [5, 5.41) is 11.4. The van der Waals surface area contributed by atoms with Crippen molar-refractivity contribution in [2.45, 2.75) is 12.3 Å². The number of morpholine rings is 1. The average Bonchev–Trinajstić information content (AvgIpc) is 2.73. The van der Waals surface area contributed by atoms with Gasteiger partial charge in [0.2, 0.25) is 5.91 Å². The lowest BCUT2D eigenvalue weighted by Gasteiger charge is -2.28. The molecule has 1 fully saturated rings. The smallest absolute Gasteiger partial charge is 0.235 e. The number of nitrogens with zero attached hydrogens (tertiary/aromatic N) is 2. The van der Waals surface area contributed by atoms with E-state index in [0.717, 1.165) is 37.6 Å². The summed E-state index contributed by atoms with van der Waals surface area (Å²) < 4.78 is 29.9. The van der Waals surface area contributed by atoms with Gasteiger partial charge >= 0.3 is 0 Å². The second kappa shape index (κ2) is 9.54. The SMILES string of the molecule is N#Cc1ccc(CS(=O)(=O)CC(=O)NCc2ccc(N3CCOCC3)cc2)cc1. The molecule has 2 aromatic rings. The molecule has 0 spiro atoms. The number of rotatable bonds is 7. The van der Waals surface area contributed by atoms with Gasteiger partial charge in [-0.2, -0.15) is 5.26 Å². The van der Waals surface area contributed by atoms with E-state index in [1.807, 2.05) is 30.3 Å². The van der Waals surface area contributed by atoms with Gasteiger partial charge in [-0.3, -0.25) is 4.79 Å². The van der Waals surface area contributed by atoms with Crippen LogP contribution in [0.1, 0.15) is 16.7 Å². The van der Waals surface area contributed by atoms with Crippen LogP contribution in [0.2, 0.25) is 0 Å². The zero-order chi connectivity index (χ0) is 20.7. The summed E-state index contributed by atoms with van der Waals surface area (Å²) in [5.41, 5.74) is 3.02. The Morgan fingerprint density at radius 3 is 2.28 bits per heavy atom. The predicted molar refractivity (Wildman–Crippen MR) is 110 cm³/mol. The third kappa shape index (κ3) is 6.31. The van der Waals surface area contributed by atoms with E-state index in [4.69, 9.17) is 10.00 Å². The first kappa shape index (κ1) is 20.8. The van der Waals surface area contributed by atoms with Crippen molar-refractivity contribution in [1.29, 1.82) is 5.26 Å². The van der Waals surface area contributed by atoms with Crippen LogP contribution in [0, 0.1) is 11.3 Å². The lowest BCUT2D eigenvalue weighted by atomic mass is 10.2. The maximum atomic E-state index is 12.3. The van der Waals surface area contributed by atoms with E-state index in [1.54, 1.807) is 24.3 Å². The van der Waals surface area contributed by atoms with E-state index in [1.165, 1.54) is 0 Å². The maximum absolute atomic E-state index is 12.3. The Balaban J connectivity index is 1.48. The third-order valence-corrected chi connectivity index (χ3v) is 6.10. The average molecular weight is 413 g/mol. The van der Waals surface area contributed by atoms with Gasteiger partial charge in [-0.1, -0.05) is 24.3 Å². The Kier molecular flexibility index (Phi) is 6.86. The Labute approximate surface area is 170 Å². The first-order chi connectivity index (χ1) is 13.9. The standard InChI is InChI=1S/C21H23N3O4S/c22-13-17-1-3-19(4-2-17)15-29(26,27)16-21(25)23-14-18-5-7-20(8-6-18)24-9-11-28-12-10-24/h1-8H,9-12,14-16H2,(H,23,25). The van der Waals surface area contributed by atoms with Crippen molar-refractivity contribution in [1.82, 2.24) is 5.32 Å². The van der Waals surface area contributed by atoms with Crippen molar-refractivity contribution in [2.24, 2.45) is 0 Å². The van der Waals surface area contributed by atoms with E-state index in [0.29, 0.717) is 11.1 Å². The fourth-order valence-corrected chi connectivity index (χ4v) is 4.38. The number of anilines is 1. The van der Waals surface area contributed by atoms with Crippen LogP contribution in [0.4, 0.5) is 5.69 Å². The number of sulfone groups is 1. The molecule has 8 heteroatoms. The van der Waals surface area contributed by atoms with E-state index >= 15 is 0 Å². The Bertz CT molecular complexity index is 974. The normalized spacial score (nSPS) is 14.2. The number of nitriles is 1. The van der Waals surface area contributed by atoms with Crippen molar-refractivity contribution < 1.29 is 17.9 Å². The molecule has 1 aliphatic rings. The molecule has 2 aromatic carbocycles. The number of nitrogens with one attached hydrogen (secondary N) is 1. The molecule has 3 rings (SSSR count). The molecule has 1 aliphatic heterocycles. The molecule has 1 saturated heterocycles. The maximum Gasteiger partial charge on any atom is 0.235 e. The highest BCUT2D eigenvalue weighted by molar-refractivity contribution is 7.91. The van der Waals surface area contributed by atoms with Crippen molar-refractivity contribution >= 4 is 21.4 Å². The van der Waals surface area contributed by atoms with Crippen LogP contribution in [-0.2, 0) is 31.7 Å². The monoisotopic (exact) mass is 413 g/mol. The molecule has 1 N–H and O–H groups in total. The van der Waals surface area contributed by atoms with Crippen LogP contribution >= 0.6 is 0 Å². The first-order valence-electron chi connectivity index (χ1n) is 9.33. The van der Waals surface area contributed by atoms with Crippen molar-refractivity contribution in [3.8, 4) is 6.07 Å². The Morgan fingerprint density at radius 2 is 1.66 bits per heavy atom. The summed E-state index contributed by atoms with van der Waals surface area (Å²) in [4.78, 5) is 14.3. The lowest BCUT2D eigenvalue weighted by molar-refractivity contribution is -0.118. The minimum absolute atomic E-state index is 0.236. The molecule has 0 atom stereocenters. The first-order valence-corrected chi connectivity index (χ1v) is 11.2. The quantitative estimate of drug-likeness (QED) is 0.741. The number of amides is 1. The van der Waals surface area contributed by atoms with Crippen LogP contribution in [0.5, 0.6) is 0 Å². The molecule has 0 unspecified atom stereocenters. The summed E-state index contributed by atoms with van der Waals surface area (Å²) in [6, 6.07) is 16.1. The van der Waals surface area contributed by atoms with Gasteiger partial charge in [0.05, 0.1) is 30.6 Å². The van der Waals surface area contributed by atoms with Crippen LogP contribution in [0.25, 0.3) is 0 Å². The molecule has 29 heavy (non-hydrogen) atoms. The molecule has 0 bridgehead atoms. The number of carbonyl (C=O) groups excluding carboxylic acids is 1. The molecular formula is C21H23N3O4S. The highest BCUT2D eigenvalue weighted by Gasteiger charge is 2.17. The summed E-state index contributed by atoms with van der Waals surface area (Å²) in [7, 11) is -3.59. The van der Waals surface area contributed by atoms with Crippen LogP contribution < -0.4 is 10.2 Å². The number of hydrogen-bond acceptors (Lipinski definition) is 6. The largest absolute Gasteiger partial charge is 0.378 e. The highest BCUT2D eigenvalue weighted by atomic mass is 32.2. The summed E-state index contributed by atoms with van der Waals surface area (Å²) in [6.45, 7) is 3.42. The molecule has 0 aromatic heterocycles. The van der Waals surface area contributed by atoms with Gasteiger partial charge in [0, 0.05) is 25.3 Å². The summed E-state index contributed by atoms with van der Waals surface area (Å²) in [6.07, 6.45) is 0. The van der Waals surface area contributed by atoms with Gasteiger partial charge in [-0.15, -0.1) is 0 Å². The Hall–Kier alpha value is -2.89. The number of ether oxygens (including phenoxy) is 1. The second-order valence-corrected chi connectivity index (χ2v) is 8.95. The molecule has 7 nitrogen and oxygen atoms in total. The van der Waals surface area contributed by atoms with Gasteiger partial charge in [0.15, 0.2) is 9.84 Å². The minimum atomic E-state index is -3.59.